The minimum absolute atomic E-state index is 0.0176. The van der Waals surface area contributed by atoms with Crippen LogP contribution in [0.3, 0.4) is 0 Å². The number of ether oxygens (including phenoxy) is 3. The Hall–Kier alpha value is -1.79. The average molecular weight is 308 g/mol. The molecule has 1 fully saturated rings. The lowest BCUT2D eigenvalue weighted by atomic mass is 10.1. The Balaban J connectivity index is 1.93. The van der Waals surface area contributed by atoms with Crippen LogP contribution >= 0.6 is 0 Å². The monoisotopic (exact) mass is 308 g/mol. The molecule has 2 atom stereocenters. The summed E-state index contributed by atoms with van der Waals surface area (Å²) in [6, 6.07) is 5.53. The normalized spacial score (nSPS) is 19.3. The molecule has 1 aliphatic rings. The summed E-state index contributed by atoms with van der Waals surface area (Å²) in [6.45, 7) is 4.17. The highest BCUT2D eigenvalue weighted by molar-refractivity contribution is 5.77. The molecule has 1 aromatic rings. The maximum Gasteiger partial charge on any atom is 0.223 e. The van der Waals surface area contributed by atoms with E-state index in [4.69, 9.17) is 14.2 Å². The summed E-state index contributed by atoms with van der Waals surface area (Å²) in [5, 5.41) is 6.21. The number of hydrogen-bond acceptors (Lipinski definition) is 5. The second kappa shape index (κ2) is 8.00. The van der Waals surface area contributed by atoms with Gasteiger partial charge in [0, 0.05) is 13.1 Å². The first kappa shape index (κ1) is 16.6. The van der Waals surface area contributed by atoms with Crippen molar-refractivity contribution in [1.29, 1.82) is 0 Å². The van der Waals surface area contributed by atoms with Crippen molar-refractivity contribution in [3.05, 3.63) is 23.8 Å². The van der Waals surface area contributed by atoms with E-state index < -0.39 is 0 Å². The second-order valence-electron chi connectivity index (χ2n) is 5.30. The average Bonchev–Trinajstić information content (AvgIpc) is 2.54. The molecule has 2 rings (SSSR count). The van der Waals surface area contributed by atoms with Crippen molar-refractivity contribution >= 4 is 5.91 Å². The van der Waals surface area contributed by atoms with Gasteiger partial charge in [0.25, 0.3) is 0 Å². The first-order valence-corrected chi connectivity index (χ1v) is 7.47. The number of methoxy groups -OCH3 is 2. The highest BCUT2D eigenvalue weighted by Gasteiger charge is 2.19. The topological polar surface area (TPSA) is 68.8 Å². The van der Waals surface area contributed by atoms with E-state index in [1.54, 1.807) is 14.2 Å². The molecule has 1 saturated heterocycles. The van der Waals surface area contributed by atoms with Gasteiger partial charge in [-0.15, -0.1) is 0 Å². The van der Waals surface area contributed by atoms with Crippen LogP contribution in [-0.2, 0) is 9.53 Å². The molecule has 1 amide bonds. The van der Waals surface area contributed by atoms with Crippen molar-refractivity contribution < 1.29 is 19.0 Å². The highest BCUT2D eigenvalue weighted by atomic mass is 16.5. The summed E-state index contributed by atoms with van der Waals surface area (Å²) >= 11 is 0. The number of benzene rings is 1. The summed E-state index contributed by atoms with van der Waals surface area (Å²) in [6.07, 6.45) is 0.316. The minimum Gasteiger partial charge on any atom is -0.493 e. The molecule has 0 radical (unpaired) electrons. The molecule has 22 heavy (non-hydrogen) atoms. The number of nitrogens with one attached hydrogen (secondary N) is 2. The van der Waals surface area contributed by atoms with Gasteiger partial charge >= 0.3 is 0 Å². The molecule has 0 spiro atoms. The second-order valence-corrected chi connectivity index (χ2v) is 5.30. The van der Waals surface area contributed by atoms with Crippen LogP contribution in [0.5, 0.6) is 11.5 Å². The Morgan fingerprint density at radius 2 is 2.18 bits per heavy atom. The van der Waals surface area contributed by atoms with Crippen LogP contribution in [0.4, 0.5) is 0 Å². The van der Waals surface area contributed by atoms with E-state index >= 15 is 0 Å². The van der Waals surface area contributed by atoms with Crippen molar-refractivity contribution in [2.75, 3.05) is 33.9 Å². The number of rotatable bonds is 6. The van der Waals surface area contributed by atoms with E-state index in [2.05, 4.69) is 10.6 Å². The van der Waals surface area contributed by atoms with Crippen molar-refractivity contribution in [2.24, 2.45) is 0 Å². The summed E-state index contributed by atoms with van der Waals surface area (Å²) < 4.78 is 16.0. The zero-order chi connectivity index (χ0) is 15.9. The van der Waals surface area contributed by atoms with Crippen LogP contribution in [0.1, 0.15) is 24.9 Å². The Kier molecular flexibility index (Phi) is 6.03. The molecule has 0 saturated carbocycles. The zero-order valence-corrected chi connectivity index (χ0v) is 13.3. The van der Waals surface area contributed by atoms with Gasteiger partial charge in [-0.25, -0.2) is 0 Å². The number of carbonyl (C=O) groups is 1. The van der Waals surface area contributed by atoms with Crippen LogP contribution < -0.4 is 20.1 Å². The third-order valence-corrected chi connectivity index (χ3v) is 3.70. The van der Waals surface area contributed by atoms with Gasteiger partial charge < -0.3 is 24.8 Å². The Morgan fingerprint density at radius 1 is 1.41 bits per heavy atom. The van der Waals surface area contributed by atoms with Crippen LogP contribution in [0.25, 0.3) is 0 Å². The van der Waals surface area contributed by atoms with Crippen LogP contribution in [0, 0.1) is 0 Å². The summed E-state index contributed by atoms with van der Waals surface area (Å²) in [5.74, 6) is 1.31. The van der Waals surface area contributed by atoms with Gasteiger partial charge in [-0.2, -0.15) is 0 Å². The van der Waals surface area contributed by atoms with E-state index in [0.29, 0.717) is 24.5 Å². The Bertz CT molecular complexity index is 501. The van der Waals surface area contributed by atoms with Gasteiger partial charge in [-0.3, -0.25) is 4.79 Å². The number of morpholine rings is 1. The molecule has 1 aliphatic heterocycles. The maximum absolute atomic E-state index is 12.1. The van der Waals surface area contributed by atoms with Gasteiger partial charge in [0.1, 0.15) is 0 Å². The summed E-state index contributed by atoms with van der Waals surface area (Å²) in [4.78, 5) is 12.1. The molecule has 2 unspecified atom stereocenters. The lowest BCUT2D eigenvalue weighted by Gasteiger charge is -2.24. The molecular weight excluding hydrogens is 284 g/mol. The summed E-state index contributed by atoms with van der Waals surface area (Å²) in [5.41, 5.74) is 0.966. The van der Waals surface area contributed by atoms with Gasteiger partial charge in [0.2, 0.25) is 5.91 Å². The molecule has 122 valence electrons. The van der Waals surface area contributed by atoms with Gasteiger partial charge in [-0.05, 0) is 24.6 Å². The van der Waals surface area contributed by atoms with Gasteiger partial charge in [0.15, 0.2) is 11.5 Å². The summed E-state index contributed by atoms with van der Waals surface area (Å²) in [7, 11) is 3.19. The van der Waals surface area contributed by atoms with Crippen molar-refractivity contribution in [2.45, 2.75) is 25.5 Å². The molecular formula is C16H24N2O4. The Labute approximate surface area is 131 Å². The third-order valence-electron chi connectivity index (χ3n) is 3.70. The predicted octanol–water partition coefficient (Wildman–Crippen LogP) is 1.26. The first-order chi connectivity index (χ1) is 10.6. The molecule has 0 aromatic heterocycles. The van der Waals surface area contributed by atoms with E-state index in [1.807, 2.05) is 25.1 Å². The largest absolute Gasteiger partial charge is 0.493 e. The van der Waals surface area contributed by atoms with Crippen LogP contribution in [0.2, 0.25) is 0 Å². The lowest BCUT2D eigenvalue weighted by Crippen LogP contribution is -2.41. The van der Waals surface area contributed by atoms with E-state index in [9.17, 15) is 4.79 Å². The smallest absolute Gasteiger partial charge is 0.223 e. The van der Waals surface area contributed by atoms with Crippen LogP contribution in [-0.4, -0.2) is 45.9 Å². The van der Waals surface area contributed by atoms with Crippen molar-refractivity contribution in [3.63, 3.8) is 0 Å². The molecule has 6 heteroatoms. The fraction of sp³-hybridized carbons (Fsp3) is 0.562. The van der Waals surface area contributed by atoms with E-state index in [-0.39, 0.29) is 18.1 Å². The quantitative estimate of drug-likeness (QED) is 0.828. The molecule has 2 N–H and O–H groups in total. The molecule has 0 bridgehead atoms. The highest BCUT2D eigenvalue weighted by Crippen LogP contribution is 2.29. The van der Waals surface area contributed by atoms with Gasteiger partial charge in [0.05, 0.1) is 39.4 Å². The molecule has 0 aliphatic carbocycles. The number of hydrogen-bond donors (Lipinski definition) is 2. The van der Waals surface area contributed by atoms with Crippen molar-refractivity contribution in [3.8, 4) is 11.5 Å². The standard InChI is InChI=1S/C16H24N2O4/c1-11(12-4-5-14(20-2)15(8-12)21-3)18-16(19)9-13-10-17-6-7-22-13/h4-5,8,11,13,17H,6-7,9-10H2,1-3H3,(H,18,19). The van der Waals surface area contributed by atoms with E-state index in [0.717, 1.165) is 18.7 Å². The fourth-order valence-electron chi connectivity index (χ4n) is 2.46. The zero-order valence-electron chi connectivity index (χ0n) is 13.3. The third kappa shape index (κ3) is 4.35. The number of amides is 1. The first-order valence-electron chi connectivity index (χ1n) is 7.47. The maximum atomic E-state index is 12.1. The molecule has 6 nitrogen and oxygen atoms in total. The fourth-order valence-corrected chi connectivity index (χ4v) is 2.46. The predicted molar refractivity (Wildman–Crippen MR) is 83.3 cm³/mol. The lowest BCUT2D eigenvalue weighted by molar-refractivity contribution is -0.125. The molecule has 1 heterocycles. The molecule has 1 aromatic carbocycles. The minimum atomic E-state index is -0.108. The van der Waals surface area contributed by atoms with Crippen molar-refractivity contribution in [1.82, 2.24) is 10.6 Å². The van der Waals surface area contributed by atoms with Crippen LogP contribution in [0.15, 0.2) is 18.2 Å². The number of carbonyl (C=O) groups excluding carboxylic acids is 1. The van der Waals surface area contributed by atoms with Gasteiger partial charge in [-0.1, -0.05) is 6.07 Å². The Morgan fingerprint density at radius 3 is 2.82 bits per heavy atom. The van der Waals surface area contributed by atoms with E-state index in [1.165, 1.54) is 0 Å². The SMILES string of the molecule is COc1ccc(C(C)NC(=O)CC2CNCCO2)cc1OC.